The number of rotatable bonds is 5. The molecule has 1 aliphatic carbocycles. The zero-order chi connectivity index (χ0) is 15.3. The lowest BCUT2D eigenvalue weighted by Gasteiger charge is -2.29. The molecular formula is C15H21N3O3. The van der Waals surface area contributed by atoms with Crippen LogP contribution in [0.4, 0.5) is 4.79 Å². The van der Waals surface area contributed by atoms with Gasteiger partial charge in [0.25, 0.3) is 0 Å². The van der Waals surface area contributed by atoms with Crippen molar-refractivity contribution in [2.75, 3.05) is 6.54 Å². The van der Waals surface area contributed by atoms with Gasteiger partial charge in [0.2, 0.25) is 0 Å². The Morgan fingerprint density at radius 3 is 2.62 bits per heavy atom. The number of carboxylic acids is 1. The second kappa shape index (κ2) is 6.56. The van der Waals surface area contributed by atoms with Crippen molar-refractivity contribution in [1.29, 1.82) is 0 Å². The molecule has 6 heteroatoms. The Morgan fingerprint density at radius 1 is 1.38 bits per heavy atom. The van der Waals surface area contributed by atoms with Gasteiger partial charge in [-0.25, -0.2) is 9.59 Å². The lowest BCUT2D eigenvalue weighted by atomic mass is 9.98. The molecule has 2 N–H and O–H groups in total. The van der Waals surface area contributed by atoms with Crippen LogP contribution in [0.25, 0.3) is 0 Å². The monoisotopic (exact) mass is 291 g/mol. The summed E-state index contributed by atoms with van der Waals surface area (Å²) in [5.74, 6) is -0.942. The summed E-state index contributed by atoms with van der Waals surface area (Å²) in [7, 11) is 0. The fourth-order valence-electron chi connectivity index (χ4n) is 2.67. The minimum absolute atomic E-state index is 0.340. The van der Waals surface area contributed by atoms with Crippen molar-refractivity contribution in [2.24, 2.45) is 0 Å². The summed E-state index contributed by atoms with van der Waals surface area (Å²) in [6.07, 6.45) is 4.33. The SMILES string of the molecule is CCN(Cc1ccccn1)C(=O)NC1(C(=O)O)CCCC1. The van der Waals surface area contributed by atoms with E-state index in [4.69, 9.17) is 0 Å². The molecule has 0 atom stereocenters. The quantitative estimate of drug-likeness (QED) is 0.869. The van der Waals surface area contributed by atoms with Crippen LogP contribution in [0.5, 0.6) is 0 Å². The number of aromatic nitrogens is 1. The lowest BCUT2D eigenvalue weighted by molar-refractivity contribution is -0.144. The first-order valence-electron chi connectivity index (χ1n) is 7.28. The van der Waals surface area contributed by atoms with Crippen LogP contribution in [0.1, 0.15) is 38.3 Å². The molecule has 6 nitrogen and oxygen atoms in total. The van der Waals surface area contributed by atoms with E-state index in [0.717, 1.165) is 18.5 Å². The standard InChI is InChI=1S/C15H21N3O3/c1-2-18(11-12-7-3-6-10-16-12)14(21)17-15(13(19)20)8-4-5-9-15/h3,6-7,10H,2,4-5,8-9,11H2,1H3,(H,17,21)(H,19,20). The minimum atomic E-state index is -1.10. The molecule has 1 fully saturated rings. The molecule has 0 radical (unpaired) electrons. The maximum atomic E-state index is 12.4. The molecule has 0 saturated heterocycles. The van der Waals surface area contributed by atoms with Crippen molar-refractivity contribution in [2.45, 2.75) is 44.7 Å². The Balaban J connectivity index is 2.04. The number of aliphatic carboxylic acids is 1. The van der Waals surface area contributed by atoms with E-state index in [2.05, 4.69) is 10.3 Å². The third-order valence-corrected chi connectivity index (χ3v) is 3.96. The van der Waals surface area contributed by atoms with E-state index < -0.39 is 11.5 Å². The molecule has 1 saturated carbocycles. The van der Waals surface area contributed by atoms with Crippen LogP contribution in [-0.2, 0) is 11.3 Å². The van der Waals surface area contributed by atoms with E-state index in [1.807, 2.05) is 25.1 Å². The molecule has 1 aliphatic rings. The number of nitrogens with zero attached hydrogens (tertiary/aromatic N) is 2. The number of amides is 2. The maximum Gasteiger partial charge on any atom is 0.329 e. The summed E-state index contributed by atoms with van der Waals surface area (Å²) in [6.45, 7) is 2.74. The fourth-order valence-corrected chi connectivity index (χ4v) is 2.67. The number of nitrogens with one attached hydrogen (secondary N) is 1. The Bertz CT molecular complexity index is 498. The number of carbonyl (C=O) groups excluding carboxylic acids is 1. The zero-order valence-electron chi connectivity index (χ0n) is 12.2. The highest BCUT2D eigenvalue weighted by Gasteiger charge is 2.43. The van der Waals surface area contributed by atoms with Crippen molar-refractivity contribution < 1.29 is 14.7 Å². The van der Waals surface area contributed by atoms with Gasteiger partial charge < -0.3 is 15.3 Å². The highest BCUT2D eigenvalue weighted by Crippen LogP contribution is 2.30. The van der Waals surface area contributed by atoms with Gasteiger partial charge in [0.1, 0.15) is 5.54 Å². The van der Waals surface area contributed by atoms with E-state index in [0.29, 0.717) is 25.9 Å². The first-order chi connectivity index (χ1) is 10.1. The lowest BCUT2D eigenvalue weighted by Crippen LogP contribution is -2.56. The molecule has 2 amide bonds. The largest absolute Gasteiger partial charge is 0.480 e. The van der Waals surface area contributed by atoms with Gasteiger partial charge in [-0.1, -0.05) is 18.9 Å². The van der Waals surface area contributed by atoms with Crippen LogP contribution < -0.4 is 5.32 Å². The average molecular weight is 291 g/mol. The summed E-state index contributed by atoms with van der Waals surface area (Å²) < 4.78 is 0. The highest BCUT2D eigenvalue weighted by molar-refractivity contribution is 5.86. The minimum Gasteiger partial charge on any atom is -0.480 e. The molecule has 1 heterocycles. The Labute approximate surface area is 124 Å². The summed E-state index contributed by atoms with van der Waals surface area (Å²) in [6, 6.07) is 5.19. The number of carboxylic acid groups (broad SMARTS) is 1. The molecule has 1 aromatic rings. The summed E-state index contributed by atoms with van der Waals surface area (Å²) in [5, 5.41) is 12.1. The normalized spacial score (nSPS) is 16.4. The van der Waals surface area contributed by atoms with Gasteiger partial charge in [-0.05, 0) is 31.9 Å². The third-order valence-electron chi connectivity index (χ3n) is 3.96. The van der Waals surface area contributed by atoms with Crippen molar-refractivity contribution in [3.63, 3.8) is 0 Å². The van der Waals surface area contributed by atoms with Crippen LogP contribution >= 0.6 is 0 Å². The third kappa shape index (κ3) is 3.51. The smallest absolute Gasteiger partial charge is 0.329 e. The van der Waals surface area contributed by atoms with Gasteiger partial charge in [0.15, 0.2) is 0 Å². The van der Waals surface area contributed by atoms with Crippen molar-refractivity contribution in [3.8, 4) is 0 Å². The van der Waals surface area contributed by atoms with E-state index in [9.17, 15) is 14.7 Å². The van der Waals surface area contributed by atoms with Crippen LogP contribution in [0, 0.1) is 0 Å². The summed E-state index contributed by atoms with van der Waals surface area (Å²) >= 11 is 0. The van der Waals surface area contributed by atoms with Crippen LogP contribution in [0.15, 0.2) is 24.4 Å². The van der Waals surface area contributed by atoms with E-state index in [-0.39, 0.29) is 6.03 Å². The number of carbonyl (C=O) groups is 2. The van der Waals surface area contributed by atoms with Crippen molar-refractivity contribution in [1.82, 2.24) is 15.2 Å². The van der Waals surface area contributed by atoms with Gasteiger partial charge in [-0.15, -0.1) is 0 Å². The predicted octanol–water partition coefficient (Wildman–Crippen LogP) is 2.01. The molecule has 0 unspecified atom stereocenters. The Kier molecular flexibility index (Phi) is 4.77. The van der Waals surface area contributed by atoms with Gasteiger partial charge in [-0.3, -0.25) is 4.98 Å². The van der Waals surface area contributed by atoms with Gasteiger partial charge >= 0.3 is 12.0 Å². The molecular weight excluding hydrogens is 270 g/mol. The second-order valence-electron chi connectivity index (χ2n) is 5.36. The van der Waals surface area contributed by atoms with Crippen molar-refractivity contribution in [3.05, 3.63) is 30.1 Å². The number of pyridine rings is 1. The number of urea groups is 1. The Hall–Kier alpha value is -2.11. The van der Waals surface area contributed by atoms with Crippen LogP contribution in [0.3, 0.4) is 0 Å². The van der Waals surface area contributed by atoms with Gasteiger partial charge in [0.05, 0.1) is 12.2 Å². The van der Waals surface area contributed by atoms with E-state index in [1.165, 1.54) is 0 Å². The van der Waals surface area contributed by atoms with E-state index in [1.54, 1.807) is 11.1 Å². The number of hydrogen-bond acceptors (Lipinski definition) is 3. The topological polar surface area (TPSA) is 82.5 Å². The van der Waals surface area contributed by atoms with Gasteiger partial charge in [0, 0.05) is 12.7 Å². The highest BCUT2D eigenvalue weighted by atomic mass is 16.4. The maximum absolute atomic E-state index is 12.4. The molecule has 0 bridgehead atoms. The molecule has 0 aromatic carbocycles. The summed E-state index contributed by atoms with van der Waals surface area (Å²) in [4.78, 5) is 29.6. The average Bonchev–Trinajstić information content (AvgIpc) is 2.95. The predicted molar refractivity (Wildman–Crippen MR) is 77.7 cm³/mol. The molecule has 0 aliphatic heterocycles. The first kappa shape index (κ1) is 15.3. The van der Waals surface area contributed by atoms with E-state index >= 15 is 0 Å². The molecule has 1 aromatic heterocycles. The van der Waals surface area contributed by atoms with Crippen LogP contribution in [0.2, 0.25) is 0 Å². The first-order valence-corrected chi connectivity index (χ1v) is 7.28. The van der Waals surface area contributed by atoms with Gasteiger partial charge in [-0.2, -0.15) is 0 Å². The van der Waals surface area contributed by atoms with Crippen LogP contribution in [-0.4, -0.2) is 39.1 Å². The zero-order valence-corrected chi connectivity index (χ0v) is 12.2. The summed E-state index contributed by atoms with van der Waals surface area (Å²) in [5.41, 5.74) is -0.320. The van der Waals surface area contributed by atoms with Crippen molar-refractivity contribution >= 4 is 12.0 Å². The number of hydrogen-bond donors (Lipinski definition) is 2. The molecule has 21 heavy (non-hydrogen) atoms. The molecule has 2 rings (SSSR count). The second-order valence-corrected chi connectivity index (χ2v) is 5.36. The molecule has 114 valence electrons. The Morgan fingerprint density at radius 2 is 2.10 bits per heavy atom. The molecule has 0 spiro atoms. The fraction of sp³-hybridized carbons (Fsp3) is 0.533.